The van der Waals surface area contributed by atoms with Crippen LogP contribution in [0.5, 0.6) is 5.75 Å². The van der Waals surface area contributed by atoms with Crippen LogP contribution in [0.4, 0.5) is 0 Å². The van der Waals surface area contributed by atoms with Crippen molar-refractivity contribution in [3.63, 3.8) is 0 Å². The van der Waals surface area contributed by atoms with Gasteiger partial charge in [0.25, 0.3) is 11.8 Å². The average molecular weight is 371 g/mol. The number of nitrogens with zero attached hydrogens (tertiary/aromatic N) is 2. The summed E-state index contributed by atoms with van der Waals surface area (Å²) in [6, 6.07) is 7.89. The molecule has 1 aromatic heterocycles. The Morgan fingerprint density at radius 1 is 1.33 bits per heavy atom. The molecule has 8 nitrogen and oxygen atoms in total. The number of benzene rings is 1. The number of likely N-dealkylation sites (tertiary alicyclic amines) is 1. The Balaban J connectivity index is 1.23. The van der Waals surface area contributed by atoms with E-state index >= 15 is 0 Å². The molecule has 2 aliphatic heterocycles. The van der Waals surface area contributed by atoms with Crippen LogP contribution in [0.25, 0.3) is 0 Å². The number of phenolic OH excluding ortho intramolecular Hbond substituents is 1. The summed E-state index contributed by atoms with van der Waals surface area (Å²) in [5.74, 6) is 0.141. The van der Waals surface area contributed by atoms with Crippen LogP contribution in [0, 0.1) is 5.92 Å². The number of aromatic hydroxyl groups is 1. The standard InChI is InChI=1S/C19H21N3O5/c23-15-3-1-2-14(8-15)18(25)22-11-19(12-22)6-4-13(10-26-19)9-20-17(24)16-5-7-21-27-16/h1-3,5,7-8,13,23H,4,6,9-12H2,(H,20,24)/t13-/m1/s1. The van der Waals surface area contributed by atoms with Gasteiger partial charge in [0.15, 0.2) is 0 Å². The van der Waals surface area contributed by atoms with E-state index in [0.29, 0.717) is 31.8 Å². The molecule has 8 heteroatoms. The minimum atomic E-state index is -0.280. The van der Waals surface area contributed by atoms with Crippen molar-refractivity contribution in [2.24, 2.45) is 5.92 Å². The molecule has 0 unspecified atom stereocenters. The van der Waals surface area contributed by atoms with Crippen LogP contribution < -0.4 is 5.32 Å². The molecular formula is C19H21N3O5. The van der Waals surface area contributed by atoms with Gasteiger partial charge in [0.2, 0.25) is 5.76 Å². The summed E-state index contributed by atoms with van der Waals surface area (Å²) in [5.41, 5.74) is 0.200. The molecular weight excluding hydrogens is 350 g/mol. The SMILES string of the molecule is O=C(NC[C@H]1CCC2(CN(C(=O)c3cccc(O)c3)C2)OC1)c1ccno1. The number of hydrogen-bond donors (Lipinski definition) is 2. The average Bonchev–Trinajstić information content (AvgIpc) is 3.19. The van der Waals surface area contributed by atoms with Crippen LogP contribution in [0.2, 0.25) is 0 Å². The molecule has 27 heavy (non-hydrogen) atoms. The van der Waals surface area contributed by atoms with Gasteiger partial charge in [-0.3, -0.25) is 9.59 Å². The monoisotopic (exact) mass is 371 g/mol. The first-order chi connectivity index (χ1) is 13.0. The lowest BCUT2D eigenvalue weighted by Crippen LogP contribution is -2.66. The molecule has 1 spiro atoms. The molecule has 1 atom stereocenters. The van der Waals surface area contributed by atoms with Gasteiger partial charge in [0.1, 0.15) is 11.4 Å². The lowest BCUT2D eigenvalue weighted by atomic mass is 9.82. The quantitative estimate of drug-likeness (QED) is 0.842. The molecule has 2 saturated heterocycles. The smallest absolute Gasteiger partial charge is 0.289 e. The largest absolute Gasteiger partial charge is 0.508 e. The van der Waals surface area contributed by atoms with Gasteiger partial charge in [-0.15, -0.1) is 0 Å². The van der Waals surface area contributed by atoms with Gasteiger partial charge < -0.3 is 24.6 Å². The van der Waals surface area contributed by atoms with E-state index in [1.54, 1.807) is 23.1 Å². The van der Waals surface area contributed by atoms with Crippen LogP contribution in [0.15, 0.2) is 41.1 Å². The van der Waals surface area contributed by atoms with Gasteiger partial charge in [-0.1, -0.05) is 11.2 Å². The van der Waals surface area contributed by atoms with Crippen molar-refractivity contribution in [2.75, 3.05) is 26.2 Å². The van der Waals surface area contributed by atoms with Gasteiger partial charge in [-0.05, 0) is 37.0 Å². The second kappa shape index (κ2) is 7.03. The first-order valence-electron chi connectivity index (χ1n) is 8.96. The summed E-state index contributed by atoms with van der Waals surface area (Å²) in [5, 5.41) is 15.9. The van der Waals surface area contributed by atoms with E-state index in [0.717, 1.165) is 12.8 Å². The highest BCUT2D eigenvalue weighted by Gasteiger charge is 2.48. The lowest BCUT2D eigenvalue weighted by molar-refractivity contribution is -0.166. The highest BCUT2D eigenvalue weighted by Crippen LogP contribution is 2.36. The maximum Gasteiger partial charge on any atom is 0.289 e. The summed E-state index contributed by atoms with van der Waals surface area (Å²) in [7, 11) is 0. The Labute approximate surface area is 156 Å². The highest BCUT2D eigenvalue weighted by molar-refractivity contribution is 5.95. The second-order valence-corrected chi connectivity index (χ2v) is 7.20. The molecule has 2 fully saturated rings. The maximum atomic E-state index is 12.5. The van der Waals surface area contributed by atoms with Crippen LogP contribution in [-0.2, 0) is 4.74 Å². The van der Waals surface area contributed by atoms with Gasteiger partial charge in [0, 0.05) is 18.2 Å². The van der Waals surface area contributed by atoms with Gasteiger partial charge in [-0.25, -0.2) is 0 Å². The molecule has 0 bridgehead atoms. The summed E-state index contributed by atoms with van der Waals surface area (Å²) >= 11 is 0. The number of carbonyl (C=O) groups excluding carboxylic acids is 2. The molecule has 2 aliphatic rings. The van der Waals surface area contributed by atoms with Crippen molar-refractivity contribution < 1.29 is 24.0 Å². The third-order valence-electron chi connectivity index (χ3n) is 5.18. The number of hydrogen-bond acceptors (Lipinski definition) is 6. The zero-order valence-corrected chi connectivity index (χ0v) is 14.8. The molecule has 0 saturated carbocycles. The highest BCUT2D eigenvalue weighted by atomic mass is 16.5. The van der Waals surface area contributed by atoms with E-state index in [1.807, 2.05) is 0 Å². The summed E-state index contributed by atoms with van der Waals surface area (Å²) in [6.45, 7) is 2.17. The zero-order chi connectivity index (χ0) is 18.9. The third-order valence-corrected chi connectivity index (χ3v) is 5.18. The predicted molar refractivity (Wildman–Crippen MR) is 94.3 cm³/mol. The van der Waals surface area contributed by atoms with Crippen molar-refractivity contribution >= 4 is 11.8 Å². The minimum Gasteiger partial charge on any atom is -0.508 e. The van der Waals surface area contributed by atoms with E-state index in [-0.39, 0.29) is 34.8 Å². The zero-order valence-electron chi connectivity index (χ0n) is 14.8. The van der Waals surface area contributed by atoms with Gasteiger partial charge in [0.05, 0.1) is 25.9 Å². The number of nitrogens with one attached hydrogen (secondary N) is 1. The van der Waals surface area contributed by atoms with Crippen LogP contribution >= 0.6 is 0 Å². The van der Waals surface area contributed by atoms with Crippen LogP contribution in [-0.4, -0.2) is 58.8 Å². The molecule has 142 valence electrons. The molecule has 2 N–H and O–H groups in total. The van der Waals surface area contributed by atoms with Gasteiger partial charge in [-0.2, -0.15) is 0 Å². The van der Waals surface area contributed by atoms with Gasteiger partial charge >= 0.3 is 0 Å². The third kappa shape index (κ3) is 3.66. The van der Waals surface area contributed by atoms with Crippen molar-refractivity contribution in [2.45, 2.75) is 18.4 Å². The number of carbonyl (C=O) groups is 2. The topological polar surface area (TPSA) is 105 Å². The Morgan fingerprint density at radius 2 is 2.19 bits per heavy atom. The molecule has 4 rings (SSSR count). The maximum absolute atomic E-state index is 12.5. The Morgan fingerprint density at radius 3 is 2.85 bits per heavy atom. The molecule has 0 aliphatic carbocycles. The van der Waals surface area contributed by atoms with E-state index in [9.17, 15) is 14.7 Å². The Hall–Kier alpha value is -2.87. The number of amides is 2. The van der Waals surface area contributed by atoms with Crippen molar-refractivity contribution in [3.8, 4) is 5.75 Å². The molecule has 0 radical (unpaired) electrons. The fourth-order valence-electron chi connectivity index (χ4n) is 3.60. The minimum absolute atomic E-state index is 0.0835. The number of ether oxygens (including phenoxy) is 1. The number of phenols is 1. The normalized spacial score (nSPS) is 20.9. The van der Waals surface area contributed by atoms with Crippen molar-refractivity contribution in [1.82, 2.24) is 15.4 Å². The van der Waals surface area contributed by atoms with Crippen molar-refractivity contribution in [3.05, 3.63) is 47.9 Å². The summed E-state index contributed by atoms with van der Waals surface area (Å²) < 4.78 is 10.9. The molecule has 1 aromatic carbocycles. The number of aromatic nitrogens is 1. The number of rotatable bonds is 4. The predicted octanol–water partition coefficient (Wildman–Crippen LogP) is 1.43. The fourth-order valence-corrected chi connectivity index (χ4v) is 3.60. The summed E-state index contributed by atoms with van der Waals surface area (Å²) in [4.78, 5) is 26.1. The van der Waals surface area contributed by atoms with E-state index in [4.69, 9.17) is 9.26 Å². The first kappa shape index (κ1) is 17.5. The van der Waals surface area contributed by atoms with Crippen LogP contribution in [0.1, 0.15) is 33.8 Å². The van der Waals surface area contributed by atoms with E-state index in [2.05, 4.69) is 10.5 Å². The lowest BCUT2D eigenvalue weighted by Gasteiger charge is -2.52. The Bertz CT molecular complexity index is 820. The first-order valence-corrected chi connectivity index (χ1v) is 8.96. The van der Waals surface area contributed by atoms with E-state index < -0.39 is 0 Å². The second-order valence-electron chi connectivity index (χ2n) is 7.20. The van der Waals surface area contributed by atoms with Crippen LogP contribution in [0.3, 0.4) is 0 Å². The Kier molecular flexibility index (Phi) is 4.57. The molecule has 2 aromatic rings. The van der Waals surface area contributed by atoms with E-state index in [1.165, 1.54) is 18.3 Å². The summed E-state index contributed by atoms with van der Waals surface area (Å²) in [6.07, 6.45) is 3.20. The molecule has 2 amide bonds. The van der Waals surface area contributed by atoms with Crippen molar-refractivity contribution in [1.29, 1.82) is 0 Å². The fraction of sp³-hybridized carbons (Fsp3) is 0.421. The molecule has 3 heterocycles.